The number of nitro benzene ring substituents is 1. The molecule has 0 aliphatic carbocycles. The molecule has 0 fully saturated rings. The maximum Gasteiger partial charge on any atom is 0.339 e. The largest absolute Gasteiger partial charge is 0.478 e. The third kappa shape index (κ3) is 2.63. The van der Waals surface area contributed by atoms with Gasteiger partial charge >= 0.3 is 5.97 Å². The van der Waals surface area contributed by atoms with E-state index in [2.05, 4.69) is 5.10 Å². The van der Waals surface area contributed by atoms with Crippen molar-refractivity contribution in [3.05, 3.63) is 76.0 Å². The molecule has 0 spiro atoms. The first-order chi connectivity index (χ1) is 11.5. The lowest BCUT2D eigenvalue weighted by Gasteiger charge is -2.08. The maximum atomic E-state index is 11.7. The number of nitrogens with zero attached hydrogens (tertiary/aromatic N) is 3. The van der Waals surface area contributed by atoms with Crippen LogP contribution < -0.4 is 0 Å². The SMILES string of the molecule is Cc1nn(-c2ccccc2)c(-c2cccc([N+](=O)[O-])c2)c1C(=O)O. The van der Waals surface area contributed by atoms with Crippen LogP contribution in [0, 0.1) is 17.0 Å². The molecular weight excluding hydrogens is 310 g/mol. The average molecular weight is 323 g/mol. The summed E-state index contributed by atoms with van der Waals surface area (Å²) >= 11 is 0. The van der Waals surface area contributed by atoms with Gasteiger partial charge in [0.25, 0.3) is 5.69 Å². The summed E-state index contributed by atoms with van der Waals surface area (Å²) in [7, 11) is 0. The Morgan fingerprint density at radius 3 is 2.50 bits per heavy atom. The first kappa shape index (κ1) is 15.4. The zero-order valence-corrected chi connectivity index (χ0v) is 12.7. The molecule has 7 heteroatoms. The van der Waals surface area contributed by atoms with Crippen molar-refractivity contribution in [3.8, 4) is 16.9 Å². The predicted molar refractivity (Wildman–Crippen MR) is 87.4 cm³/mol. The van der Waals surface area contributed by atoms with E-state index in [1.54, 1.807) is 25.1 Å². The van der Waals surface area contributed by atoms with Gasteiger partial charge in [0, 0.05) is 17.7 Å². The summed E-state index contributed by atoms with van der Waals surface area (Å²) in [5, 5.41) is 24.9. The number of hydrogen-bond acceptors (Lipinski definition) is 4. The molecule has 0 aliphatic heterocycles. The van der Waals surface area contributed by atoms with E-state index in [1.165, 1.54) is 22.9 Å². The monoisotopic (exact) mass is 323 g/mol. The van der Waals surface area contributed by atoms with Crippen LogP contribution in [0.1, 0.15) is 16.1 Å². The van der Waals surface area contributed by atoms with E-state index >= 15 is 0 Å². The standard InChI is InChI=1S/C17H13N3O4/c1-11-15(17(21)22)16(12-6-5-9-14(10-12)20(23)24)19(18-11)13-7-3-2-4-8-13/h2-10H,1H3,(H,21,22). The number of rotatable bonds is 4. The molecule has 3 rings (SSSR count). The molecule has 0 atom stereocenters. The lowest BCUT2D eigenvalue weighted by molar-refractivity contribution is -0.384. The molecule has 0 unspecified atom stereocenters. The third-order valence-corrected chi connectivity index (χ3v) is 3.61. The number of aromatic nitrogens is 2. The van der Waals surface area contributed by atoms with Gasteiger partial charge in [-0.15, -0.1) is 0 Å². The fourth-order valence-electron chi connectivity index (χ4n) is 2.57. The summed E-state index contributed by atoms with van der Waals surface area (Å²) in [4.78, 5) is 22.2. The second-order valence-corrected chi connectivity index (χ2v) is 5.17. The Morgan fingerprint density at radius 2 is 1.88 bits per heavy atom. The van der Waals surface area contributed by atoms with Gasteiger partial charge in [-0.2, -0.15) is 5.10 Å². The fourth-order valence-corrected chi connectivity index (χ4v) is 2.57. The Balaban J connectivity index is 2.31. The topological polar surface area (TPSA) is 98.3 Å². The first-order valence-corrected chi connectivity index (χ1v) is 7.12. The summed E-state index contributed by atoms with van der Waals surface area (Å²) < 4.78 is 1.50. The van der Waals surface area contributed by atoms with Gasteiger partial charge in [0.05, 0.1) is 22.0 Å². The van der Waals surface area contributed by atoms with Crippen LogP contribution in [0.4, 0.5) is 5.69 Å². The van der Waals surface area contributed by atoms with Crippen molar-refractivity contribution < 1.29 is 14.8 Å². The van der Waals surface area contributed by atoms with Gasteiger partial charge in [-0.25, -0.2) is 9.48 Å². The molecule has 1 aromatic heterocycles. The second-order valence-electron chi connectivity index (χ2n) is 5.17. The average Bonchev–Trinajstić information content (AvgIpc) is 2.93. The molecule has 1 N–H and O–H groups in total. The van der Waals surface area contributed by atoms with Gasteiger partial charge in [0.15, 0.2) is 0 Å². The summed E-state index contributed by atoms with van der Waals surface area (Å²) in [6, 6.07) is 14.9. The molecule has 0 amide bonds. The van der Waals surface area contributed by atoms with Gasteiger partial charge in [0.2, 0.25) is 0 Å². The van der Waals surface area contributed by atoms with Gasteiger partial charge in [-0.05, 0) is 19.1 Å². The Bertz CT molecular complexity index is 932. The number of aromatic carboxylic acids is 1. The lowest BCUT2D eigenvalue weighted by Crippen LogP contribution is -2.03. The minimum absolute atomic E-state index is 0.0272. The van der Waals surface area contributed by atoms with Crippen LogP contribution in [0.5, 0.6) is 0 Å². The highest BCUT2D eigenvalue weighted by Crippen LogP contribution is 2.31. The van der Waals surface area contributed by atoms with Crippen LogP contribution >= 0.6 is 0 Å². The molecule has 0 aliphatic rings. The summed E-state index contributed by atoms with van der Waals surface area (Å²) in [5.74, 6) is -1.13. The number of carboxylic acid groups (broad SMARTS) is 1. The number of non-ortho nitro benzene ring substituents is 1. The highest BCUT2D eigenvalue weighted by atomic mass is 16.6. The molecular formula is C17H13N3O4. The lowest BCUT2D eigenvalue weighted by atomic mass is 10.0. The molecule has 24 heavy (non-hydrogen) atoms. The van der Waals surface area contributed by atoms with Gasteiger partial charge in [0.1, 0.15) is 5.56 Å². The van der Waals surface area contributed by atoms with Crippen LogP contribution in [0.25, 0.3) is 16.9 Å². The Morgan fingerprint density at radius 1 is 1.17 bits per heavy atom. The van der Waals surface area contributed by atoms with Crippen molar-refractivity contribution >= 4 is 11.7 Å². The van der Waals surface area contributed by atoms with Crippen molar-refractivity contribution in [2.45, 2.75) is 6.92 Å². The minimum atomic E-state index is -1.13. The molecule has 2 aromatic carbocycles. The van der Waals surface area contributed by atoms with Crippen molar-refractivity contribution in [1.82, 2.24) is 9.78 Å². The minimum Gasteiger partial charge on any atom is -0.478 e. The molecule has 120 valence electrons. The maximum absolute atomic E-state index is 11.7. The molecule has 0 saturated carbocycles. The molecule has 0 bridgehead atoms. The number of carbonyl (C=O) groups is 1. The van der Waals surface area contributed by atoms with Gasteiger partial charge < -0.3 is 5.11 Å². The normalized spacial score (nSPS) is 10.5. The fraction of sp³-hybridized carbons (Fsp3) is 0.0588. The predicted octanol–water partition coefficient (Wildman–Crippen LogP) is 3.45. The Labute approximate surface area is 136 Å². The molecule has 0 saturated heterocycles. The summed E-state index contributed by atoms with van der Waals surface area (Å²) in [6.45, 7) is 1.60. The highest BCUT2D eigenvalue weighted by molar-refractivity contribution is 5.96. The van der Waals surface area contributed by atoms with Crippen LogP contribution in [0.2, 0.25) is 0 Å². The number of nitro groups is 1. The van der Waals surface area contributed by atoms with Crippen molar-refractivity contribution in [1.29, 1.82) is 0 Å². The van der Waals surface area contributed by atoms with E-state index in [1.807, 2.05) is 18.2 Å². The summed E-state index contributed by atoms with van der Waals surface area (Å²) in [5.41, 5.74) is 1.67. The quantitative estimate of drug-likeness (QED) is 0.585. The summed E-state index contributed by atoms with van der Waals surface area (Å²) in [6.07, 6.45) is 0. The zero-order chi connectivity index (χ0) is 17.3. The van der Waals surface area contributed by atoms with E-state index in [9.17, 15) is 20.0 Å². The van der Waals surface area contributed by atoms with E-state index in [0.29, 0.717) is 22.6 Å². The molecule has 0 radical (unpaired) electrons. The zero-order valence-electron chi connectivity index (χ0n) is 12.7. The number of carboxylic acids is 1. The number of benzene rings is 2. The molecule has 3 aromatic rings. The van der Waals surface area contributed by atoms with E-state index in [-0.39, 0.29) is 11.3 Å². The van der Waals surface area contributed by atoms with Crippen molar-refractivity contribution in [3.63, 3.8) is 0 Å². The van der Waals surface area contributed by atoms with E-state index in [4.69, 9.17) is 0 Å². The van der Waals surface area contributed by atoms with E-state index < -0.39 is 10.9 Å². The van der Waals surface area contributed by atoms with Crippen LogP contribution in [0.15, 0.2) is 54.6 Å². The Hall–Kier alpha value is -3.48. The number of hydrogen-bond donors (Lipinski definition) is 1. The van der Waals surface area contributed by atoms with E-state index in [0.717, 1.165) is 0 Å². The van der Waals surface area contributed by atoms with Crippen molar-refractivity contribution in [2.75, 3.05) is 0 Å². The van der Waals surface area contributed by atoms with Crippen LogP contribution in [0.3, 0.4) is 0 Å². The van der Waals surface area contributed by atoms with Crippen LogP contribution in [-0.2, 0) is 0 Å². The number of para-hydroxylation sites is 1. The molecule has 7 nitrogen and oxygen atoms in total. The van der Waals surface area contributed by atoms with Crippen LogP contribution in [-0.4, -0.2) is 25.8 Å². The smallest absolute Gasteiger partial charge is 0.339 e. The Kier molecular flexibility index (Phi) is 3.83. The van der Waals surface area contributed by atoms with Gasteiger partial charge in [-0.3, -0.25) is 10.1 Å². The first-order valence-electron chi connectivity index (χ1n) is 7.12. The molecule has 1 heterocycles. The highest BCUT2D eigenvalue weighted by Gasteiger charge is 2.24. The second kappa shape index (κ2) is 5.96. The van der Waals surface area contributed by atoms with Crippen molar-refractivity contribution in [2.24, 2.45) is 0 Å². The van der Waals surface area contributed by atoms with Gasteiger partial charge in [-0.1, -0.05) is 30.3 Å². The number of aryl methyl sites for hydroxylation is 1. The third-order valence-electron chi connectivity index (χ3n) is 3.61.